The Morgan fingerprint density at radius 1 is 1.40 bits per heavy atom. The topological polar surface area (TPSA) is 18.5 Å². The lowest BCUT2D eigenvalue weighted by molar-refractivity contribution is -0.0891. The van der Waals surface area contributed by atoms with E-state index in [9.17, 15) is 0 Å². The fraction of sp³-hybridized carbons (Fsp3) is 0.846. The third-order valence-corrected chi connectivity index (χ3v) is 4.49. The average Bonchev–Trinajstić information content (AvgIpc) is 2.78. The van der Waals surface area contributed by atoms with E-state index in [4.69, 9.17) is 9.47 Å². The Morgan fingerprint density at radius 2 is 2.27 bits per heavy atom. The summed E-state index contributed by atoms with van der Waals surface area (Å²) in [5.41, 5.74) is -0.0815. The summed E-state index contributed by atoms with van der Waals surface area (Å²) in [6, 6.07) is 0. The van der Waals surface area contributed by atoms with Gasteiger partial charge in [-0.05, 0) is 50.0 Å². The van der Waals surface area contributed by atoms with E-state index in [1.807, 2.05) is 0 Å². The molecule has 84 valence electrons. The van der Waals surface area contributed by atoms with Crippen molar-refractivity contribution in [3.8, 4) is 0 Å². The van der Waals surface area contributed by atoms with Crippen molar-refractivity contribution in [1.29, 1.82) is 0 Å². The summed E-state index contributed by atoms with van der Waals surface area (Å²) < 4.78 is 11.6. The van der Waals surface area contributed by atoms with Crippen LogP contribution < -0.4 is 0 Å². The van der Waals surface area contributed by atoms with Gasteiger partial charge in [0.25, 0.3) is 0 Å². The van der Waals surface area contributed by atoms with Crippen LogP contribution in [0.15, 0.2) is 12.3 Å². The van der Waals surface area contributed by atoms with Crippen LogP contribution >= 0.6 is 0 Å². The highest BCUT2D eigenvalue weighted by Gasteiger charge is 2.42. The van der Waals surface area contributed by atoms with Gasteiger partial charge in [0.05, 0.1) is 19.0 Å². The molecule has 2 aliphatic carbocycles. The molecule has 2 nitrogen and oxygen atoms in total. The highest BCUT2D eigenvalue weighted by Crippen LogP contribution is 2.46. The van der Waals surface area contributed by atoms with E-state index in [0.717, 1.165) is 24.9 Å². The molecule has 0 aromatic rings. The van der Waals surface area contributed by atoms with Crippen LogP contribution in [-0.4, -0.2) is 18.3 Å². The molecule has 4 unspecified atom stereocenters. The predicted octanol–water partition coefficient (Wildman–Crippen LogP) is 2.88. The van der Waals surface area contributed by atoms with Gasteiger partial charge in [-0.25, -0.2) is 0 Å². The number of hydrogen-bond acceptors (Lipinski definition) is 2. The Hall–Kier alpha value is -0.500. The van der Waals surface area contributed by atoms with Gasteiger partial charge in [0.15, 0.2) is 5.60 Å². The fourth-order valence-electron chi connectivity index (χ4n) is 3.28. The average molecular weight is 208 g/mol. The molecule has 3 aliphatic rings. The maximum absolute atomic E-state index is 6.06. The van der Waals surface area contributed by atoms with Crippen molar-refractivity contribution in [2.75, 3.05) is 6.61 Å². The van der Waals surface area contributed by atoms with Crippen LogP contribution in [0.3, 0.4) is 0 Å². The van der Waals surface area contributed by atoms with E-state index in [0.29, 0.717) is 6.10 Å². The number of fused-ring (bicyclic) bond motifs is 2. The first-order valence-corrected chi connectivity index (χ1v) is 6.28. The minimum Gasteiger partial charge on any atom is -0.488 e. The first kappa shape index (κ1) is 9.71. The molecule has 1 aliphatic heterocycles. The molecule has 0 aromatic heterocycles. The Labute approximate surface area is 91.6 Å². The summed E-state index contributed by atoms with van der Waals surface area (Å²) in [5, 5.41) is 0. The molecule has 0 amide bonds. The van der Waals surface area contributed by atoms with E-state index in [-0.39, 0.29) is 5.60 Å². The molecule has 15 heavy (non-hydrogen) atoms. The van der Waals surface area contributed by atoms with Gasteiger partial charge in [-0.2, -0.15) is 0 Å². The van der Waals surface area contributed by atoms with Crippen LogP contribution in [0.25, 0.3) is 0 Å². The fourth-order valence-corrected chi connectivity index (χ4v) is 3.28. The van der Waals surface area contributed by atoms with Crippen LogP contribution in [0.5, 0.6) is 0 Å². The van der Waals surface area contributed by atoms with E-state index in [1.54, 1.807) is 6.26 Å². The molecule has 1 heterocycles. The van der Waals surface area contributed by atoms with Gasteiger partial charge < -0.3 is 9.47 Å². The maximum Gasteiger partial charge on any atom is 0.152 e. The molecule has 0 spiro atoms. The third kappa shape index (κ3) is 1.59. The zero-order valence-electron chi connectivity index (χ0n) is 9.45. The minimum atomic E-state index is -0.0815. The molecule has 3 rings (SSSR count). The van der Waals surface area contributed by atoms with Crippen molar-refractivity contribution in [3.63, 3.8) is 0 Å². The summed E-state index contributed by atoms with van der Waals surface area (Å²) in [6.07, 6.45) is 11.0. The zero-order valence-corrected chi connectivity index (χ0v) is 9.45. The summed E-state index contributed by atoms with van der Waals surface area (Å²) >= 11 is 0. The number of rotatable bonds is 4. The van der Waals surface area contributed by atoms with Crippen LogP contribution in [-0.2, 0) is 9.47 Å². The lowest BCUT2D eigenvalue weighted by atomic mass is 9.96. The summed E-state index contributed by atoms with van der Waals surface area (Å²) in [7, 11) is 0. The number of ether oxygens (including phenoxy) is 2. The molecular formula is C13H20O2. The lowest BCUT2D eigenvalue weighted by Crippen LogP contribution is -2.40. The molecule has 2 heteroatoms. The monoisotopic (exact) mass is 208 g/mol. The van der Waals surface area contributed by atoms with Crippen molar-refractivity contribution in [2.24, 2.45) is 11.8 Å². The first-order chi connectivity index (χ1) is 7.31. The summed E-state index contributed by atoms with van der Waals surface area (Å²) in [4.78, 5) is 0. The van der Waals surface area contributed by atoms with E-state index in [2.05, 4.69) is 13.0 Å². The van der Waals surface area contributed by atoms with Gasteiger partial charge in [0.2, 0.25) is 0 Å². The predicted molar refractivity (Wildman–Crippen MR) is 58.4 cm³/mol. The van der Waals surface area contributed by atoms with Gasteiger partial charge in [0.1, 0.15) is 0 Å². The first-order valence-electron chi connectivity index (χ1n) is 6.28. The highest BCUT2D eigenvalue weighted by atomic mass is 16.6. The molecule has 2 saturated carbocycles. The molecule has 0 aromatic carbocycles. The molecule has 2 fully saturated rings. The maximum atomic E-state index is 6.06. The van der Waals surface area contributed by atoms with Gasteiger partial charge in [-0.3, -0.25) is 0 Å². The van der Waals surface area contributed by atoms with Gasteiger partial charge >= 0.3 is 0 Å². The molecule has 0 N–H and O–H groups in total. The summed E-state index contributed by atoms with van der Waals surface area (Å²) in [6.45, 7) is 2.92. The SMILES string of the molecule is CCC1(COC2CC3CCC2C3)C=CO1. The van der Waals surface area contributed by atoms with E-state index in [1.165, 1.54) is 25.7 Å². The molecule has 4 atom stereocenters. The van der Waals surface area contributed by atoms with Gasteiger partial charge in [0, 0.05) is 0 Å². The zero-order chi connectivity index (χ0) is 10.3. The van der Waals surface area contributed by atoms with Gasteiger partial charge in [-0.15, -0.1) is 0 Å². The minimum absolute atomic E-state index is 0.0815. The Kier molecular flexibility index (Phi) is 2.27. The molecule has 0 saturated heterocycles. The Morgan fingerprint density at radius 3 is 2.73 bits per heavy atom. The van der Waals surface area contributed by atoms with Crippen molar-refractivity contribution in [2.45, 2.75) is 50.7 Å². The van der Waals surface area contributed by atoms with Crippen LogP contribution in [0, 0.1) is 11.8 Å². The van der Waals surface area contributed by atoms with Crippen molar-refractivity contribution in [3.05, 3.63) is 12.3 Å². The normalized spacial score (nSPS) is 46.6. The number of hydrogen-bond donors (Lipinski definition) is 0. The highest BCUT2D eigenvalue weighted by molar-refractivity contribution is 5.08. The van der Waals surface area contributed by atoms with Crippen LogP contribution in [0.1, 0.15) is 39.0 Å². The molecular weight excluding hydrogens is 188 g/mol. The van der Waals surface area contributed by atoms with Crippen molar-refractivity contribution < 1.29 is 9.47 Å². The van der Waals surface area contributed by atoms with Gasteiger partial charge in [-0.1, -0.05) is 6.92 Å². The van der Waals surface area contributed by atoms with Crippen LogP contribution in [0.4, 0.5) is 0 Å². The largest absolute Gasteiger partial charge is 0.488 e. The lowest BCUT2D eigenvalue weighted by Gasteiger charge is -2.36. The second-order valence-electron chi connectivity index (χ2n) is 5.36. The van der Waals surface area contributed by atoms with E-state index >= 15 is 0 Å². The van der Waals surface area contributed by atoms with Crippen molar-refractivity contribution >= 4 is 0 Å². The standard InChI is InChI=1S/C13H20O2/c1-2-13(5-6-15-13)9-14-12-8-10-3-4-11(12)7-10/h5-6,10-12H,2-4,7-9H2,1H3. The molecule has 0 radical (unpaired) electrons. The smallest absolute Gasteiger partial charge is 0.152 e. The summed E-state index contributed by atoms with van der Waals surface area (Å²) in [5.74, 6) is 1.82. The van der Waals surface area contributed by atoms with E-state index < -0.39 is 0 Å². The Balaban J connectivity index is 1.52. The van der Waals surface area contributed by atoms with Crippen molar-refractivity contribution in [1.82, 2.24) is 0 Å². The molecule has 2 bridgehead atoms. The quantitative estimate of drug-likeness (QED) is 0.707. The van der Waals surface area contributed by atoms with Crippen LogP contribution in [0.2, 0.25) is 0 Å². The second kappa shape index (κ2) is 3.51. The second-order valence-corrected chi connectivity index (χ2v) is 5.36. The Bertz CT molecular complexity index is 274. The third-order valence-electron chi connectivity index (χ3n) is 4.49.